The molecule has 1 aliphatic rings. The lowest BCUT2D eigenvalue weighted by molar-refractivity contribution is -0.00546. The Hall–Kier alpha value is -2.34. The Bertz CT molecular complexity index is 630. The number of hydrogen-bond acceptors (Lipinski definition) is 5. The highest BCUT2D eigenvalue weighted by Crippen LogP contribution is 2.18. The Kier molecular flexibility index (Phi) is 4.62. The molecule has 0 bridgehead atoms. The summed E-state index contributed by atoms with van der Waals surface area (Å²) in [6, 6.07) is 5.51. The molecule has 0 spiro atoms. The number of anilines is 1. The third-order valence-electron chi connectivity index (χ3n) is 3.79. The SMILES string of the molecule is C[C@H]1CN(c2ccc(C(=O)NCc3ccoc3)cn2)C[C@H](C)O1. The predicted molar refractivity (Wildman–Crippen MR) is 86.3 cm³/mol. The molecule has 23 heavy (non-hydrogen) atoms. The second kappa shape index (κ2) is 6.83. The van der Waals surface area contributed by atoms with Gasteiger partial charge in [0, 0.05) is 31.4 Å². The number of nitrogens with zero attached hydrogens (tertiary/aromatic N) is 2. The molecule has 2 aromatic rings. The van der Waals surface area contributed by atoms with E-state index in [1.54, 1.807) is 24.8 Å². The molecule has 3 heterocycles. The number of ether oxygens (including phenoxy) is 1. The quantitative estimate of drug-likeness (QED) is 0.937. The lowest BCUT2D eigenvalue weighted by atomic mass is 10.2. The van der Waals surface area contributed by atoms with Gasteiger partial charge in [0.25, 0.3) is 5.91 Å². The topological polar surface area (TPSA) is 67.6 Å². The molecule has 0 saturated carbocycles. The average molecular weight is 315 g/mol. The number of pyridine rings is 1. The average Bonchev–Trinajstić information content (AvgIpc) is 3.05. The second-order valence-electron chi connectivity index (χ2n) is 5.88. The van der Waals surface area contributed by atoms with Gasteiger partial charge in [-0.15, -0.1) is 0 Å². The van der Waals surface area contributed by atoms with Gasteiger partial charge in [0.2, 0.25) is 0 Å². The van der Waals surface area contributed by atoms with Gasteiger partial charge in [-0.3, -0.25) is 4.79 Å². The minimum absolute atomic E-state index is 0.144. The van der Waals surface area contributed by atoms with Crippen molar-refractivity contribution in [2.45, 2.75) is 32.6 Å². The van der Waals surface area contributed by atoms with Crippen LogP contribution >= 0.6 is 0 Å². The van der Waals surface area contributed by atoms with Gasteiger partial charge in [0.1, 0.15) is 5.82 Å². The number of amides is 1. The molecule has 2 atom stereocenters. The van der Waals surface area contributed by atoms with E-state index >= 15 is 0 Å². The summed E-state index contributed by atoms with van der Waals surface area (Å²) in [7, 11) is 0. The van der Waals surface area contributed by atoms with Crippen LogP contribution in [0.5, 0.6) is 0 Å². The van der Waals surface area contributed by atoms with E-state index in [-0.39, 0.29) is 18.1 Å². The van der Waals surface area contributed by atoms with Crippen LogP contribution in [-0.4, -0.2) is 36.2 Å². The van der Waals surface area contributed by atoms with Crippen molar-refractivity contribution >= 4 is 11.7 Å². The normalized spacial score (nSPS) is 21.2. The van der Waals surface area contributed by atoms with E-state index in [0.717, 1.165) is 24.5 Å². The van der Waals surface area contributed by atoms with Crippen molar-refractivity contribution < 1.29 is 13.9 Å². The van der Waals surface area contributed by atoms with Crippen molar-refractivity contribution in [2.75, 3.05) is 18.0 Å². The Morgan fingerprint density at radius 3 is 2.70 bits per heavy atom. The van der Waals surface area contributed by atoms with E-state index in [4.69, 9.17) is 9.15 Å². The first-order chi connectivity index (χ1) is 11.1. The molecule has 0 radical (unpaired) electrons. The molecule has 1 N–H and O–H groups in total. The van der Waals surface area contributed by atoms with Gasteiger partial charge in [0.15, 0.2) is 0 Å². The summed E-state index contributed by atoms with van der Waals surface area (Å²) in [5, 5.41) is 2.84. The van der Waals surface area contributed by atoms with Crippen LogP contribution in [0.4, 0.5) is 5.82 Å². The minimum Gasteiger partial charge on any atom is -0.472 e. The van der Waals surface area contributed by atoms with E-state index in [1.165, 1.54) is 0 Å². The highest BCUT2D eigenvalue weighted by atomic mass is 16.5. The first-order valence-corrected chi connectivity index (χ1v) is 7.77. The summed E-state index contributed by atoms with van der Waals surface area (Å²) in [4.78, 5) is 18.7. The zero-order valence-electron chi connectivity index (χ0n) is 13.4. The fourth-order valence-electron chi connectivity index (χ4n) is 2.75. The fraction of sp³-hybridized carbons (Fsp3) is 0.412. The highest BCUT2D eigenvalue weighted by Gasteiger charge is 2.23. The molecule has 1 saturated heterocycles. The lowest BCUT2D eigenvalue weighted by Crippen LogP contribution is -2.45. The maximum Gasteiger partial charge on any atom is 0.253 e. The summed E-state index contributed by atoms with van der Waals surface area (Å²) >= 11 is 0. The Morgan fingerprint density at radius 1 is 1.30 bits per heavy atom. The van der Waals surface area contributed by atoms with Crippen LogP contribution < -0.4 is 10.2 Å². The second-order valence-corrected chi connectivity index (χ2v) is 5.88. The van der Waals surface area contributed by atoms with Gasteiger partial charge in [-0.1, -0.05) is 0 Å². The molecule has 0 aromatic carbocycles. The van der Waals surface area contributed by atoms with E-state index in [1.807, 2.05) is 12.1 Å². The minimum atomic E-state index is -0.144. The number of furan rings is 1. The molecule has 0 aliphatic carbocycles. The van der Waals surface area contributed by atoms with Crippen molar-refractivity contribution in [3.63, 3.8) is 0 Å². The van der Waals surface area contributed by atoms with Gasteiger partial charge < -0.3 is 19.4 Å². The Morgan fingerprint density at radius 2 is 2.09 bits per heavy atom. The molecule has 2 aromatic heterocycles. The smallest absolute Gasteiger partial charge is 0.253 e. The zero-order valence-corrected chi connectivity index (χ0v) is 13.4. The molecule has 6 heteroatoms. The van der Waals surface area contributed by atoms with Crippen LogP contribution in [0.3, 0.4) is 0 Å². The molecule has 1 fully saturated rings. The third-order valence-corrected chi connectivity index (χ3v) is 3.79. The van der Waals surface area contributed by atoms with E-state index in [0.29, 0.717) is 12.1 Å². The summed E-state index contributed by atoms with van der Waals surface area (Å²) in [5.41, 5.74) is 1.48. The first-order valence-electron chi connectivity index (χ1n) is 7.77. The van der Waals surface area contributed by atoms with Crippen molar-refractivity contribution in [2.24, 2.45) is 0 Å². The van der Waals surface area contributed by atoms with Crippen LogP contribution in [0.1, 0.15) is 29.8 Å². The molecular weight excluding hydrogens is 294 g/mol. The molecule has 122 valence electrons. The third kappa shape index (κ3) is 3.90. The van der Waals surface area contributed by atoms with Crippen molar-refractivity contribution in [1.29, 1.82) is 0 Å². The van der Waals surface area contributed by atoms with Crippen LogP contribution in [0.15, 0.2) is 41.3 Å². The Balaban J connectivity index is 1.61. The standard InChI is InChI=1S/C17H21N3O3/c1-12-9-20(10-13(2)23-12)16-4-3-15(8-18-16)17(21)19-7-14-5-6-22-11-14/h3-6,8,11-13H,7,9-10H2,1-2H3,(H,19,21)/t12-,13-/m0/s1. The van der Waals surface area contributed by atoms with Crippen molar-refractivity contribution in [1.82, 2.24) is 10.3 Å². The lowest BCUT2D eigenvalue weighted by Gasteiger charge is -2.36. The maximum atomic E-state index is 12.1. The van der Waals surface area contributed by atoms with Crippen LogP contribution in [-0.2, 0) is 11.3 Å². The maximum absolute atomic E-state index is 12.1. The summed E-state index contributed by atoms with van der Waals surface area (Å²) in [6.45, 7) is 6.17. The number of hydrogen-bond donors (Lipinski definition) is 1. The number of rotatable bonds is 4. The zero-order chi connectivity index (χ0) is 16.2. The highest BCUT2D eigenvalue weighted by molar-refractivity contribution is 5.94. The van der Waals surface area contributed by atoms with Crippen molar-refractivity contribution in [3.05, 3.63) is 48.0 Å². The molecule has 3 rings (SSSR count). The molecule has 1 amide bonds. The number of nitrogens with one attached hydrogen (secondary N) is 1. The van der Waals surface area contributed by atoms with Gasteiger partial charge in [-0.25, -0.2) is 4.98 Å². The van der Waals surface area contributed by atoms with E-state index in [2.05, 4.69) is 29.0 Å². The monoisotopic (exact) mass is 315 g/mol. The van der Waals surface area contributed by atoms with Gasteiger partial charge in [-0.2, -0.15) is 0 Å². The number of carbonyl (C=O) groups is 1. The van der Waals surface area contributed by atoms with Gasteiger partial charge in [0.05, 0.1) is 30.3 Å². The summed E-state index contributed by atoms with van der Waals surface area (Å²) in [5.74, 6) is 0.729. The summed E-state index contributed by atoms with van der Waals surface area (Å²) in [6.07, 6.45) is 5.17. The number of morpholine rings is 1. The molecule has 0 unspecified atom stereocenters. The first kappa shape index (κ1) is 15.6. The van der Waals surface area contributed by atoms with Crippen LogP contribution in [0, 0.1) is 0 Å². The molecular formula is C17H21N3O3. The van der Waals surface area contributed by atoms with E-state index in [9.17, 15) is 4.79 Å². The Labute approximate surface area is 135 Å². The predicted octanol–water partition coefficient (Wildman–Crippen LogP) is 2.22. The van der Waals surface area contributed by atoms with Gasteiger partial charge in [-0.05, 0) is 32.0 Å². The largest absolute Gasteiger partial charge is 0.472 e. The number of aromatic nitrogens is 1. The summed E-state index contributed by atoms with van der Waals surface area (Å²) < 4.78 is 10.7. The number of carbonyl (C=O) groups excluding carboxylic acids is 1. The van der Waals surface area contributed by atoms with E-state index < -0.39 is 0 Å². The molecule has 6 nitrogen and oxygen atoms in total. The van der Waals surface area contributed by atoms with Crippen LogP contribution in [0.2, 0.25) is 0 Å². The van der Waals surface area contributed by atoms with Crippen LogP contribution in [0.25, 0.3) is 0 Å². The molecule has 1 aliphatic heterocycles. The van der Waals surface area contributed by atoms with Gasteiger partial charge >= 0.3 is 0 Å². The fourth-order valence-corrected chi connectivity index (χ4v) is 2.75. The van der Waals surface area contributed by atoms with Crippen molar-refractivity contribution in [3.8, 4) is 0 Å².